The van der Waals surface area contributed by atoms with Gasteiger partial charge >= 0.3 is 0 Å². The number of nitrogens with one attached hydrogen (secondary N) is 2. The minimum Gasteiger partial charge on any atom is -0.341 e. The summed E-state index contributed by atoms with van der Waals surface area (Å²) in [4.78, 5) is 24.9. The molecule has 90 valence electrons. The average molecular weight is 225 g/mol. The molecule has 1 atom stereocenters. The molecule has 1 saturated heterocycles. The van der Waals surface area contributed by atoms with Gasteiger partial charge in [0.1, 0.15) is 6.04 Å². The first-order chi connectivity index (χ1) is 7.68. The molecule has 1 aliphatic heterocycles. The zero-order valence-corrected chi connectivity index (χ0v) is 9.66. The molecule has 1 unspecified atom stereocenters. The highest BCUT2D eigenvalue weighted by Gasteiger charge is 2.32. The van der Waals surface area contributed by atoms with E-state index in [9.17, 15) is 9.59 Å². The van der Waals surface area contributed by atoms with E-state index >= 15 is 0 Å². The van der Waals surface area contributed by atoms with E-state index in [1.54, 1.807) is 0 Å². The lowest BCUT2D eigenvalue weighted by molar-refractivity contribution is -0.135. The Morgan fingerprint density at radius 1 is 1.31 bits per heavy atom. The van der Waals surface area contributed by atoms with Crippen molar-refractivity contribution >= 4 is 11.8 Å². The molecule has 16 heavy (non-hydrogen) atoms. The Labute approximate surface area is 95.5 Å². The Kier molecular flexibility index (Phi) is 3.43. The molecule has 1 saturated carbocycles. The van der Waals surface area contributed by atoms with E-state index in [1.807, 2.05) is 11.9 Å². The number of hydrogen-bond donors (Lipinski definition) is 2. The molecule has 2 rings (SSSR count). The number of hydrazine groups is 1. The largest absolute Gasteiger partial charge is 0.341 e. The number of rotatable bonds is 2. The van der Waals surface area contributed by atoms with Gasteiger partial charge in [-0.05, 0) is 12.8 Å². The van der Waals surface area contributed by atoms with Gasteiger partial charge in [-0.2, -0.15) is 0 Å². The number of likely N-dealkylation sites (N-methyl/N-ethyl adjacent to an activating group) is 1. The van der Waals surface area contributed by atoms with Gasteiger partial charge in [0.2, 0.25) is 11.8 Å². The molecular formula is C11H19N3O2. The summed E-state index contributed by atoms with van der Waals surface area (Å²) in [6, 6.07) is -0.0156. The predicted molar refractivity (Wildman–Crippen MR) is 59.3 cm³/mol. The summed E-state index contributed by atoms with van der Waals surface area (Å²) in [6.45, 7) is 0. The third-order valence-corrected chi connectivity index (χ3v) is 3.54. The molecule has 0 aromatic rings. The molecule has 5 heteroatoms. The fourth-order valence-corrected chi connectivity index (χ4v) is 2.50. The van der Waals surface area contributed by atoms with Gasteiger partial charge in [-0.15, -0.1) is 0 Å². The van der Waals surface area contributed by atoms with E-state index in [2.05, 4.69) is 10.9 Å². The minimum absolute atomic E-state index is 0.0326. The van der Waals surface area contributed by atoms with Crippen molar-refractivity contribution in [1.29, 1.82) is 0 Å². The Morgan fingerprint density at radius 2 is 2.00 bits per heavy atom. The van der Waals surface area contributed by atoms with Crippen molar-refractivity contribution in [3.05, 3.63) is 0 Å². The van der Waals surface area contributed by atoms with Gasteiger partial charge in [-0.25, -0.2) is 5.43 Å². The lowest BCUT2D eigenvalue weighted by atomic mass is 9.94. The zero-order valence-electron chi connectivity index (χ0n) is 9.66. The Morgan fingerprint density at radius 3 is 2.56 bits per heavy atom. The number of carbonyl (C=O) groups excluding carboxylic acids is 2. The third-order valence-electron chi connectivity index (χ3n) is 3.54. The first-order valence-electron chi connectivity index (χ1n) is 5.99. The van der Waals surface area contributed by atoms with Gasteiger partial charge in [0.05, 0.1) is 6.42 Å². The molecule has 1 heterocycles. The summed E-state index contributed by atoms with van der Waals surface area (Å²) < 4.78 is 0. The van der Waals surface area contributed by atoms with Crippen LogP contribution in [-0.4, -0.2) is 35.8 Å². The van der Waals surface area contributed by atoms with Crippen LogP contribution in [-0.2, 0) is 9.59 Å². The summed E-state index contributed by atoms with van der Waals surface area (Å²) in [5, 5.41) is 0. The maximum absolute atomic E-state index is 12.1. The van der Waals surface area contributed by atoms with E-state index < -0.39 is 0 Å². The van der Waals surface area contributed by atoms with E-state index in [-0.39, 0.29) is 24.3 Å². The third kappa shape index (κ3) is 2.35. The molecule has 2 fully saturated rings. The van der Waals surface area contributed by atoms with Gasteiger partial charge in [0, 0.05) is 13.1 Å². The molecule has 2 N–H and O–H groups in total. The number of hydrogen-bond acceptors (Lipinski definition) is 3. The minimum atomic E-state index is -0.376. The maximum Gasteiger partial charge on any atom is 0.242 e. The Bertz CT molecular complexity index is 287. The van der Waals surface area contributed by atoms with Crippen molar-refractivity contribution in [2.75, 3.05) is 7.05 Å². The van der Waals surface area contributed by atoms with E-state index in [0.717, 1.165) is 12.8 Å². The molecule has 0 radical (unpaired) electrons. The normalized spacial score (nSPS) is 26.6. The van der Waals surface area contributed by atoms with Crippen LogP contribution in [0.25, 0.3) is 0 Å². The van der Waals surface area contributed by atoms with Gasteiger partial charge in [-0.1, -0.05) is 19.3 Å². The number of carbonyl (C=O) groups is 2. The standard InChI is InChI=1S/C11H19N3O2/c1-14(8-5-3-2-4-6-8)11(16)9-7-10(15)13-12-9/h8-9,12H,2-7H2,1H3,(H,13,15). The van der Waals surface area contributed by atoms with Crippen LogP contribution >= 0.6 is 0 Å². The lowest BCUT2D eigenvalue weighted by Gasteiger charge is -2.32. The number of amides is 2. The molecule has 2 aliphatic rings. The molecule has 0 bridgehead atoms. The van der Waals surface area contributed by atoms with Gasteiger partial charge in [0.25, 0.3) is 0 Å². The second-order valence-electron chi connectivity index (χ2n) is 4.69. The second kappa shape index (κ2) is 4.82. The van der Waals surface area contributed by atoms with E-state index in [1.165, 1.54) is 19.3 Å². The summed E-state index contributed by atoms with van der Waals surface area (Å²) >= 11 is 0. The number of nitrogens with zero attached hydrogens (tertiary/aromatic N) is 1. The second-order valence-corrected chi connectivity index (χ2v) is 4.69. The first kappa shape index (κ1) is 11.4. The fourth-order valence-electron chi connectivity index (χ4n) is 2.50. The average Bonchev–Trinajstić information content (AvgIpc) is 2.75. The monoisotopic (exact) mass is 225 g/mol. The molecular weight excluding hydrogens is 206 g/mol. The first-order valence-corrected chi connectivity index (χ1v) is 5.99. The predicted octanol–water partition coefficient (Wildman–Crippen LogP) is 0.171. The lowest BCUT2D eigenvalue weighted by Crippen LogP contribution is -2.48. The van der Waals surface area contributed by atoms with Crippen molar-refractivity contribution in [1.82, 2.24) is 15.8 Å². The van der Waals surface area contributed by atoms with Crippen molar-refractivity contribution in [2.24, 2.45) is 0 Å². The van der Waals surface area contributed by atoms with Gasteiger partial charge in [0.15, 0.2) is 0 Å². The van der Waals surface area contributed by atoms with E-state index in [0.29, 0.717) is 6.04 Å². The zero-order chi connectivity index (χ0) is 11.5. The van der Waals surface area contributed by atoms with Crippen LogP contribution in [0.5, 0.6) is 0 Å². The van der Waals surface area contributed by atoms with Gasteiger partial charge in [-0.3, -0.25) is 15.0 Å². The SMILES string of the molecule is CN(C(=O)C1CC(=O)NN1)C1CCCCC1. The quantitative estimate of drug-likeness (QED) is 0.704. The maximum atomic E-state index is 12.1. The van der Waals surface area contributed by atoms with Crippen LogP contribution in [0.2, 0.25) is 0 Å². The Balaban J connectivity index is 1.90. The van der Waals surface area contributed by atoms with Crippen LogP contribution in [0.4, 0.5) is 0 Å². The summed E-state index contributed by atoms with van der Waals surface area (Å²) in [5.41, 5.74) is 5.21. The smallest absolute Gasteiger partial charge is 0.242 e. The molecule has 0 aromatic heterocycles. The van der Waals surface area contributed by atoms with Crippen LogP contribution in [0.3, 0.4) is 0 Å². The topological polar surface area (TPSA) is 61.4 Å². The fraction of sp³-hybridized carbons (Fsp3) is 0.818. The van der Waals surface area contributed by atoms with Gasteiger partial charge < -0.3 is 4.90 Å². The van der Waals surface area contributed by atoms with Crippen LogP contribution < -0.4 is 10.9 Å². The summed E-state index contributed by atoms with van der Waals surface area (Å²) in [5.74, 6) is -0.0688. The highest BCUT2D eigenvalue weighted by atomic mass is 16.2. The van der Waals surface area contributed by atoms with Crippen LogP contribution in [0, 0.1) is 0 Å². The van der Waals surface area contributed by atoms with Crippen LogP contribution in [0.1, 0.15) is 38.5 Å². The molecule has 0 aromatic carbocycles. The Hall–Kier alpha value is -1.10. The van der Waals surface area contributed by atoms with Crippen molar-refractivity contribution in [2.45, 2.75) is 50.6 Å². The van der Waals surface area contributed by atoms with Crippen LogP contribution in [0.15, 0.2) is 0 Å². The molecule has 5 nitrogen and oxygen atoms in total. The molecule has 0 spiro atoms. The van der Waals surface area contributed by atoms with Crippen molar-refractivity contribution in [3.63, 3.8) is 0 Å². The van der Waals surface area contributed by atoms with E-state index in [4.69, 9.17) is 0 Å². The highest BCUT2D eigenvalue weighted by molar-refractivity contribution is 5.90. The summed E-state index contributed by atoms with van der Waals surface area (Å²) in [6.07, 6.45) is 6.14. The molecule has 1 aliphatic carbocycles. The van der Waals surface area contributed by atoms with Crippen molar-refractivity contribution in [3.8, 4) is 0 Å². The molecule has 2 amide bonds. The summed E-state index contributed by atoms with van der Waals surface area (Å²) in [7, 11) is 1.85. The highest BCUT2D eigenvalue weighted by Crippen LogP contribution is 2.22. The van der Waals surface area contributed by atoms with Crippen molar-refractivity contribution < 1.29 is 9.59 Å².